The monoisotopic (exact) mass is 244 g/mol. The normalized spacial score (nSPS) is 10.2. The first-order valence-corrected chi connectivity index (χ1v) is 5.62. The lowest BCUT2D eigenvalue weighted by atomic mass is 10.0. The van der Waals surface area contributed by atoms with Crippen LogP contribution in [-0.2, 0) is 0 Å². The Labute approximate surface area is 106 Å². The van der Waals surface area contributed by atoms with Crippen LogP contribution in [0.25, 0.3) is 11.1 Å². The number of methoxy groups -OCH3 is 2. The Morgan fingerprint density at radius 2 is 1.78 bits per heavy atom. The number of anilines is 1. The van der Waals surface area contributed by atoms with E-state index in [4.69, 9.17) is 15.2 Å². The highest BCUT2D eigenvalue weighted by atomic mass is 16.5. The largest absolute Gasteiger partial charge is 0.493 e. The van der Waals surface area contributed by atoms with Crippen molar-refractivity contribution >= 4 is 5.82 Å². The number of para-hydroxylation sites is 1. The maximum Gasteiger partial charge on any atom is 0.168 e. The highest BCUT2D eigenvalue weighted by molar-refractivity contribution is 5.80. The Bertz CT molecular complexity index is 568. The molecule has 1 aromatic heterocycles. The lowest BCUT2D eigenvalue weighted by Gasteiger charge is -2.13. The summed E-state index contributed by atoms with van der Waals surface area (Å²) in [5.74, 6) is 1.83. The summed E-state index contributed by atoms with van der Waals surface area (Å²) in [7, 11) is 3.22. The van der Waals surface area contributed by atoms with Gasteiger partial charge in [0.05, 0.1) is 14.2 Å². The van der Waals surface area contributed by atoms with Crippen molar-refractivity contribution in [2.24, 2.45) is 0 Å². The minimum Gasteiger partial charge on any atom is -0.493 e. The molecule has 0 radical (unpaired) electrons. The minimum absolute atomic E-state index is 0.488. The molecule has 0 bridgehead atoms. The number of aryl methyl sites for hydroxylation is 1. The number of benzene rings is 1. The first kappa shape index (κ1) is 12.2. The number of hydrogen-bond donors (Lipinski definition) is 1. The molecule has 1 aromatic carbocycles. The average Bonchev–Trinajstić information content (AvgIpc) is 2.37. The summed E-state index contributed by atoms with van der Waals surface area (Å²) in [5, 5.41) is 0. The van der Waals surface area contributed by atoms with Crippen molar-refractivity contribution in [3.8, 4) is 22.6 Å². The molecule has 0 amide bonds. The van der Waals surface area contributed by atoms with Crippen molar-refractivity contribution < 1.29 is 9.47 Å². The van der Waals surface area contributed by atoms with Crippen LogP contribution in [0.1, 0.15) is 5.69 Å². The molecule has 0 aliphatic rings. The molecule has 0 spiro atoms. The zero-order valence-electron chi connectivity index (χ0n) is 10.7. The predicted octanol–water partition coefficient (Wildman–Crippen LogP) is 2.66. The van der Waals surface area contributed by atoms with Gasteiger partial charge in [-0.15, -0.1) is 0 Å². The van der Waals surface area contributed by atoms with Gasteiger partial charge >= 0.3 is 0 Å². The van der Waals surface area contributed by atoms with Gasteiger partial charge < -0.3 is 15.2 Å². The van der Waals surface area contributed by atoms with Gasteiger partial charge in [-0.3, -0.25) is 0 Å². The molecule has 18 heavy (non-hydrogen) atoms. The van der Waals surface area contributed by atoms with Gasteiger partial charge in [0.25, 0.3) is 0 Å². The first-order chi connectivity index (χ1) is 8.67. The molecule has 4 nitrogen and oxygen atoms in total. The van der Waals surface area contributed by atoms with E-state index in [1.807, 2.05) is 37.3 Å². The third-order valence-corrected chi connectivity index (χ3v) is 2.76. The number of nitrogen functional groups attached to an aromatic ring is 1. The number of hydrogen-bond acceptors (Lipinski definition) is 4. The van der Waals surface area contributed by atoms with Crippen LogP contribution >= 0.6 is 0 Å². The van der Waals surface area contributed by atoms with Gasteiger partial charge in [0, 0.05) is 16.8 Å². The van der Waals surface area contributed by atoms with Gasteiger partial charge in [0.15, 0.2) is 11.5 Å². The van der Waals surface area contributed by atoms with Crippen molar-refractivity contribution in [2.75, 3.05) is 20.0 Å². The Hall–Kier alpha value is -2.23. The van der Waals surface area contributed by atoms with Crippen LogP contribution in [0, 0.1) is 6.92 Å². The van der Waals surface area contributed by atoms with Gasteiger partial charge in [-0.2, -0.15) is 0 Å². The maximum absolute atomic E-state index is 5.96. The third kappa shape index (κ3) is 2.09. The highest BCUT2D eigenvalue weighted by Gasteiger charge is 2.13. The van der Waals surface area contributed by atoms with E-state index >= 15 is 0 Å². The topological polar surface area (TPSA) is 57.4 Å². The zero-order valence-corrected chi connectivity index (χ0v) is 10.7. The van der Waals surface area contributed by atoms with E-state index in [0.717, 1.165) is 16.8 Å². The van der Waals surface area contributed by atoms with Crippen molar-refractivity contribution in [1.82, 2.24) is 4.98 Å². The van der Waals surface area contributed by atoms with Crippen LogP contribution in [0.15, 0.2) is 30.3 Å². The number of ether oxygens (including phenoxy) is 2. The van der Waals surface area contributed by atoms with E-state index in [-0.39, 0.29) is 0 Å². The summed E-state index contributed by atoms with van der Waals surface area (Å²) >= 11 is 0. The van der Waals surface area contributed by atoms with E-state index in [1.54, 1.807) is 14.2 Å². The lowest BCUT2D eigenvalue weighted by Crippen LogP contribution is -1.98. The number of rotatable bonds is 3. The minimum atomic E-state index is 0.488. The summed E-state index contributed by atoms with van der Waals surface area (Å²) in [6.45, 7) is 1.91. The molecule has 0 fully saturated rings. The second kappa shape index (κ2) is 4.96. The number of nitrogens with zero attached hydrogens (tertiary/aromatic N) is 1. The average molecular weight is 244 g/mol. The number of aromatic nitrogens is 1. The summed E-state index contributed by atoms with van der Waals surface area (Å²) in [4.78, 5) is 4.26. The standard InChI is InChI=1S/C14H16N2O2/c1-9-7-8-11(14(15)16-9)10-5-4-6-12(17-2)13(10)18-3/h4-8H,1-3H3,(H2,15,16). The van der Waals surface area contributed by atoms with Gasteiger partial charge in [-0.05, 0) is 25.1 Å². The van der Waals surface area contributed by atoms with Gasteiger partial charge in [-0.1, -0.05) is 12.1 Å². The Balaban J connectivity index is 2.63. The van der Waals surface area contributed by atoms with Crippen LogP contribution in [0.5, 0.6) is 11.5 Å². The molecule has 94 valence electrons. The highest BCUT2D eigenvalue weighted by Crippen LogP contribution is 2.39. The van der Waals surface area contributed by atoms with E-state index < -0.39 is 0 Å². The van der Waals surface area contributed by atoms with Gasteiger partial charge in [0.2, 0.25) is 0 Å². The molecule has 2 N–H and O–H groups in total. The van der Waals surface area contributed by atoms with Crippen molar-refractivity contribution in [2.45, 2.75) is 6.92 Å². The van der Waals surface area contributed by atoms with E-state index in [1.165, 1.54) is 0 Å². The van der Waals surface area contributed by atoms with Crippen molar-refractivity contribution in [3.05, 3.63) is 36.0 Å². The number of nitrogens with two attached hydrogens (primary N) is 1. The van der Waals surface area contributed by atoms with Crippen LogP contribution in [0.3, 0.4) is 0 Å². The molecule has 4 heteroatoms. The molecule has 0 aliphatic heterocycles. The van der Waals surface area contributed by atoms with Crippen molar-refractivity contribution in [3.63, 3.8) is 0 Å². The quantitative estimate of drug-likeness (QED) is 0.901. The SMILES string of the molecule is COc1cccc(-c2ccc(C)nc2N)c1OC. The molecule has 0 atom stereocenters. The number of pyridine rings is 1. The lowest BCUT2D eigenvalue weighted by molar-refractivity contribution is 0.356. The van der Waals surface area contributed by atoms with E-state index in [9.17, 15) is 0 Å². The molecular weight excluding hydrogens is 228 g/mol. The summed E-state index contributed by atoms with van der Waals surface area (Å²) in [6.07, 6.45) is 0. The molecule has 0 saturated heterocycles. The second-order valence-corrected chi connectivity index (χ2v) is 3.93. The first-order valence-electron chi connectivity index (χ1n) is 5.62. The Morgan fingerprint density at radius 3 is 2.39 bits per heavy atom. The summed E-state index contributed by atoms with van der Waals surface area (Å²) in [5.41, 5.74) is 8.57. The fourth-order valence-corrected chi connectivity index (χ4v) is 1.90. The summed E-state index contributed by atoms with van der Waals surface area (Å²) in [6, 6.07) is 9.54. The smallest absolute Gasteiger partial charge is 0.168 e. The van der Waals surface area contributed by atoms with E-state index in [2.05, 4.69) is 4.98 Å². The summed E-state index contributed by atoms with van der Waals surface area (Å²) < 4.78 is 10.7. The molecular formula is C14H16N2O2. The van der Waals surface area contributed by atoms with Gasteiger partial charge in [-0.25, -0.2) is 4.98 Å². The van der Waals surface area contributed by atoms with Crippen LogP contribution in [-0.4, -0.2) is 19.2 Å². The molecule has 2 aromatic rings. The zero-order chi connectivity index (χ0) is 13.1. The Morgan fingerprint density at radius 1 is 1.00 bits per heavy atom. The fourth-order valence-electron chi connectivity index (χ4n) is 1.90. The molecule has 0 saturated carbocycles. The Kier molecular flexibility index (Phi) is 3.37. The molecule has 1 heterocycles. The third-order valence-electron chi connectivity index (χ3n) is 2.76. The molecule has 0 unspecified atom stereocenters. The predicted molar refractivity (Wildman–Crippen MR) is 71.9 cm³/mol. The van der Waals surface area contributed by atoms with Crippen LogP contribution in [0.4, 0.5) is 5.82 Å². The second-order valence-electron chi connectivity index (χ2n) is 3.93. The van der Waals surface area contributed by atoms with Crippen LogP contribution in [0.2, 0.25) is 0 Å². The van der Waals surface area contributed by atoms with E-state index in [0.29, 0.717) is 17.3 Å². The molecule has 2 rings (SSSR count). The van der Waals surface area contributed by atoms with Gasteiger partial charge in [0.1, 0.15) is 5.82 Å². The molecule has 0 aliphatic carbocycles. The maximum atomic E-state index is 5.96. The fraction of sp³-hybridized carbons (Fsp3) is 0.214. The van der Waals surface area contributed by atoms with Crippen LogP contribution < -0.4 is 15.2 Å². The van der Waals surface area contributed by atoms with Crippen molar-refractivity contribution in [1.29, 1.82) is 0 Å².